The Morgan fingerprint density at radius 3 is 2.33 bits per heavy atom. The van der Waals surface area contributed by atoms with Gasteiger partial charge in [-0.05, 0) is 31.5 Å². The molecule has 1 aromatic carbocycles. The van der Waals surface area contributed by atoms with E-state index in [2.05, 4.69) is 30.9 Å². The highest BCUT2D eigenvalue weighted by molar-refractivity contribution is 5.90. The van der Waals surface area contributed by atoms with Crippen molar-refractivity contribution >= 4 is 5.78 Å². The van der Waals surface area contributed by atoms with Gasteiger partial charge >= 0.3 is 0 Å². The molecular weight excluding hydrogens is 222 g/mol. The number of rotatable bonds is 4. The van der Waals surface area contributed by atoms with Gasteiger partial charge in [-0.3, -0.25) is 9.69 Å². The molecule has 18 heavy (non-hydrogen) atoms. The minimum Gasteiger partial charge on any atom is -0.297 e. The summed E-state index contributed by atoms with van der Waals surface area (Å²) in [7, 11) is 0. The van der Waals surface area contributed by atoms with E-state index in [1.807, 2.05) is 18.2 Å². The van der Waals surface area contributed by atoms with Crippen LogP contribution in [0.1, 0.15) is 45.1 Å². The van der Waals surface area contributed by atoms with Crippen LogP contribution in [0.15, 0.2) is 30.3 Å². The van der Waals surface area contributed by atoms with Crippen molar-refractivity contribution in [3.8, 4) is 0 Å². The van der Waals surface area contributed by atoms with Gasteiger partial charge in [0.25, 0.3) is 0 Å². The molecule has 1 aliphatic rings. The summed E-state index contributed by atoms with van der Waals surface area (Å²) in [5, 5.41) is 0. The number of carbonyl (C=O) groups is 1. The fraction of sp³-hybridized carbons (Fsp3) is 0.562. The van der Waals surface area contributed by atoms with Crippen molar-refractivity contribution in [3.05, 3.63) is 35.9 Å². The average Bonchev–Trinajstić information content (AvgIpc) is 2.43. The predicted octanol–water partition coefficient (Wildman–Crippen LogP) is 3.37. The lowest BCUT2D eigenvalue weighted by Gasteiger charge is -2.44. The van der Waals surface area contributed by atoms with Crippen LogP contribution in [0.25, 0.3) is 0 Å². The Bertz CT molecular complexity index is 397. The lowest BCUT2D eigenvalue weighted by atomic mass is 9.74. The molecule has 2 heteroatoms. The number of Topliss-reactive ketones (excluding diaryl/α,β-unsaturated/α-hetero) is 1. The molecule has 0 spiro atoms. The van der Waals surface area contributed by atoms with Gasteiger partial charge in [0.05, 0.1) is 0 Å². The zero-order valence-corrected chi connectivity index (χ0v) is 11.5. The van der Waals surface area contributed by atoms with Crippen molar-refractivity contribution in [3.63, 3.8) is 0 Å². The average molecular weight is 245 g/mol. The number of benzene rings is 1. The Hall–Kier alpha value is -1.15. The molecule has 0 saturated heterocycles. The maximum absolute atomic E-state index is 12.6. The fourth-order valence-electron chi connectivity index (χ4n) is 3.31. The van der Waals surface area contributed by atoms with E-state index in [1.165, 1.54) is 5.56 Å². The highest BCUT2D eigenvalue weighted by Crippen LogP contribution is 2.39. The van der Waals surface area contributed by atoms with Gasteiger partial charge in [-0.15, -0.1) is 0 Å². The van der Waals surface area contributed by atoms with E-state index in [1.54, 1.807) is 0 Å². The van der Waals surface area contributed by atoms with E-state index >= 15 is 0 Å². The summed E-state index contributed by atoms with van der Waals surface area (Å²) < 4.78 is 0. The van der Waals surface area contributed by atoms with Crippen LogP contribution in [0.5, 0.6) is 0 Å². The van der Waals surface area contributed by atoms with Gasteiger partial charge in [-0.25, -0.2) is 0 Å². The van der Waals surface area contributed by atoms with Crippen LogP contribution >= 0.6 is 0 Å². The van der Waals surface area contributed by atoms with E-state index in [-0.39, 0.29) is 5.54 Å². The zero-order valence-electron chi connectivity index (χ0n) is 11.5. The summed E-state index contributed by atoms with van der Waals surface area (Å²) in [6.07, 6.45) is 3.90. The van der Waals surface area contributed by atoms with Crippen LogP contribution in [0, 0.1) is 0 Å². The third-order valence-electron chi connectivity index (χ3n) is 4.21. The molecule has 0 amide bonds. The second kappa shape index (κ2) is 5.66. The van der Waals surface area contributed by atoms with Crippen molar-refractivity contribution < 1.29 is 4.79 Å². The van der Waals surface area contributed by atoms with Gasteiger partial charge < -0.3 is 0 Å². The third-order valence-corrected chi connectivity index (χ3v) is 4.21. The summed E-state index contributed by atoms with van der Waals surface area (Å²) in [5.74, 6) is 0.406. The van der Waals surface area contributed by atoms with E-state index in [4.69, 9.17) is 0 Å². The Kier molecular flexibility index (Phi) is 4.18. The normalized spacial score (nSPS) is 24.5. The van der Waals surface area contributed by atoms with Crippen LogP contribution in [-0.2, 0) is 10.3 Å². The number of carbonyl (C=O) groups excluding carboxylic acids is 1. The maximum Gasteiger partial charge on any atom is 0.157 e. The Labute approximate surface area is 110 Å². The number of hydrogen-bond donors (Lipinski definition) is 0. The second-order valence-electron chi connectivity index (χ2n) is 5.03. The fourth-order valence-corrected chi connectivity index (χ4v) is 3.31. The summed E-state index contributed by atoms with van der Waals surface area (Å²) >= 11 is 0. The number of ketones is 1. The largest absolute Gasteiger partial charge is 0.297 e. The SMILES string of the molecule is CCN(CC)C1(c2ccccc2)CCCCC1=O. The second-order valence-corrected chi connectivity index (χ2v) is 5.03. The van der Waals surface area contributed by atoms with Crippen molar-refractivity contribution in [2.45, 2.75) is 45.1 Å². The first-order chi connectivity index (χ1) is 8.75. The molecular formula is C16H23NO. The highest BCUT2D eigenvalue weighted by atomic mass is 16.1. The van der Waals surface area contributed by atoms with Crippen LogP contribution in [0.4, 0.5) is 0 Å². The van der Waals surface area contributed by atoms with Crippen molar-refractivity contribution in [2.24, 2.45) is 0 Å². The first-order valence-electron chi connectivity index (χ1n) is 7.09. The van der Waals surface area contributed by atoms with Crippen molar-refractivity contribution in [1.82, 2.24) is 4.90 Å². The number of hydrogen-bond acceptors (Lipinski definition) is 2. The predicted molar refractivity (Wildman–Crippen MR) is 74.5 cm³/mol. The van der Waals surface area contributed by atoms with Crippen molar-refractivity contribution in [2.75, 3.05) is 13.1 Å². The standard InChI is InChI=1S/C16H23NO/c1-3-17(4-2)16(13-9-8-12-15(16)18)14-10-6-5-7-11-14/h5-7,10-11H,3-4,8-9,12-13H2,1-2H3. The molecule has 1 aliphatic carbocycles. The smallest absolute Gasteiger partial charge is 0.157 e. The molecule has 0 aromatic heterocycles. The van der Waals surface area contributed by atoms with E-state index in [0.717, 1.165) is 38.8 Å². The van der Waals surface area contributed by atoms with Gasteiger partial charge in [0.15, 0.2) is 5.78 Å². The van der Waals surface area contributed by atoms with Crippen LogP contribution in [0.2, 0.25) is 0 Å². The molecule has 0 heterocycles. The molecule has 0 N–H and O–H groups in total. The Morgan fingerprint density at radius 1 is 1.11 bits per heavy atom. The third kappa shape index (κ3) is 2.10. The first-order valence-corrected chi connectivity index (χ1v) is 7.09. The molecule has 0 bridgehead atoms. The summed E-state index contributed by atoms with van der Waals surface area (Å²) in [5.41, 5.74) is 0.821. The van der Waals surface area contributed by atoms with Gasteiger partial charge in [0, 0.05) is 6.42 Å². The van der Waals surface area contributed by atoms with Gasteiger partial charge in [0.1, 0.15) is 5.54 Å². The quantitative estimate of drug-likeness (QED) is 0.810. The molecule has 0 radical (unpaired) electrons. The molecule has 2 nitrogen and oxygen atoms in total. The molecule has 1 aromatic rings. The van der Waals surface area contributed by atoms with E-state index in [9.17, 15) is 4.79 Å². The van der Waals surface area contributed by atoms with E-state index in [0.29, 0.717) is 5.78 Å². The molecule has 1 saturated carbocycles. The number of nitrogens with zero attached hydrogens (tertiary/aromatic N) is 1. The minimum atomic E-state index is -0.358. The summed E-state index contributed by atoms with van der Waals surface area (Å²) in [6, 6.07) is 10.3. The first kappa shape index (κ1) is 13.3. The van der Waals surface area contributed by atoms with Gasteiger partial charge in [-0.1, -0.05) is 50.6 Å². The topological polar surface area (TPSA) is 20.3 Å². The Balaban J connectivity index is 2.48. The molecule has 0 aliphatic heterocycles. The minimum absolute atomic E-state index is 0.358. The van der Waals surface area contributed by atoms with Crippen LogP contribution < -0.4 is 0 Å². The lowest BCUT2D eigenvalue weighted by molar-refractivity contribution is -0.135. The van der Waals surface area contributed by atoms with E-state index < -0.39 is 0 Å². The van der Waals surface area contributed by atoms with Crippen LogP contribution in [-0.4, -0.2) is 23.8 Å². The van der Waals surface area contributed by atoms with Gasteiger partial charge in [0.2, 0.25) is 0 Å². The van der Waals surface area contributed by atoms with Gasteiger partial charge in [-0.2, -0.15) is 0 Å². The maximum atomic E-state index is 12.6. The molecule has 1 fully saturated rings. The summed E-state index contributed by atoms with van der Waals surface area (Å²) in [4.78, 5) is 15.0. The summed E-state index contributed by atoms with van der Waals surface area (Å²) in [6.45, 7) is 6.15. The molecule has 2 rings (SSSR count). The molecule has 98 valence electrons. The number of likely N-dealkylation sites (N-methyl/N-ethyl adjacent to an activating group) is 1. The highest BCUT2D eigenvalue weighted by Gasteiger charge is 2.44. The Morgan fingerprint density at radius 2 is 1.78 bits per heavy atom. The van der Waals surface area contributed by atoms with Crippen LogP contribution in [0.3, 0.4) is 0 Å². The molecule has 1 unspecified atom stereocenters. The lowest BCUT2D eigenvalue weighted by Crippen LogP contribution is -2.53. The zero-order chi connectivity index (χ0) is 13.0. The monoisotopic (exact) mass is 245 g/mol. The van der Waals surface area contributed by atoms with Crippen molar-refractivity contribution in [1.29, 1.82) is 0 Å². The molecule has 1 atom stereocenters.